The predicted octanol–water partition coefficient (Wildman–Crippen LogP) is 8.40. The van der Waals surface area contributed by atoms with E-state index < -0.39 is 78.8 Å². The van der Waals surface area contributed by atoms with Gasteiger partial charge in [-0.25, -0.2) is 4.79 Å². The van der Waals surface area contributed by atoms with Crippen LogP contribution in [0.3, 0.4) is 0 Å². The summed E-state index contributed by atoms with van der Waals surface area (Å²) in [5, 5.41) is 0. The zero-order valence-corrected chi connectivity index (χ0v) is 33.6. The van der Waals surface area contributed by atoms with Crippen LogP contribution in [0.5, 0.6) is 0 Å². The number of hydrogen-bond acceptors (Lipinski definition) is 10. The van der Waals surface area contributed by atoms with Gasteiger partial charge in [0.2, 0.25) is 0 Å². The van der Waals surface area contributed by atoms with Crippen molar-refractivity contribution in [1.82, 2.24) is 0 Å². The largest absolute Gasteiger partial charge is 0.508 e. The van der Waals surface area contributed by atoms with Crippen LogP contribution >= 0.6 is 0 Å². The second-order valence-electron chi connectivity index (χ2n) is 16.8. The third-order valence-electron chi connectivity index (χ3n) is 13.5. The molecule has 51 heavy (non-hydrogen) atoms. The number of fused-ring (bicyclic) bond motifs is 6. The lowest BCUT2D eigenvalue weighted by Crippen LogP contribution is -2.73. The second-order valence-corrected chi connectivity index (χ2v) is 21.5. The lowest BCUT2D eigenvalue weighted by atomic mass is 9.46. The van der Waals surface area contributed by atoms with Gasteiger partial charge in [-0.3, -0.25) is 4.79 Å². The van der Waals surface area contributed by atoms with Crippen LogP contribution < -0.4 is 0 Å². The number of rotatable bonds is 9. The summed E-state index contributed by atoms with van der Waals surface area (Å²) in [6.45, 7) is 20.8. The molecule has 2 heterocycles. The lowest BCUT2D eigenvalue weighted by molar-refractivity contribution is -0.243. The first kappa shape index (κ1) is 38.4. The molecule has 284 valence electrons. The summed E-state index contributed by atoms with van der Waals surface area (Å²) in [4.78, 5) is 25.9. The highest BCUT2D eigenvalue weighted by molar-refractivity contribution is 6.73. The topological polar surface area (TPSA) is 108 Å². The van der Waals surface area contributed by atoms with Gasteiger partial charge < -0.3 is 37.6 Å². The monoisotopic (exact) mass is 728 g/mol. The van der Waals surface area contributed by atoms with Gasteiger partial charge in [-0.1, -0.05) is 71.9 Å². The minimum atomic E-state index is -2.14. The maximum Gasteiger partial charge on any atom is 0.508 e. The Balaban J connectivity index is 1.67. The number of benzene rings is 1. The van der Waals surface area contributed by atoms with Crippen LogP contribution in [0, 0.1) is 16.7 Å². The number of ether oxygens (including phenoxy) is 7. The molecule has 2 aliphatic heterocycles. The summed E-state index contributed by atoms with van der Waals surface area (Å²) < 4.78 is 53.8. The molecule has 2 saturated carbocycles. The van der Waals surface area contributed by atoms with Gasteiger partial charge in [0.15, 0.2) is 26.0 Å². The van der Waals surface area contributed by atoms with E-state index in [1.807, 2.05) is 44.2 Å². The molecule has 1 spiro atoms. The fourth-order valence-corrected chi connectivity index (χ4v) is 13.6. The van der Waals surface area contributed by atoms with Crippen molar-refractivity contribution < 1.29 is 47.2 Å². The summed E-state index contributed by atoms with van der Waals surface area (Å²) in [6, 6.07) is 13.0. The SMILES string of the molecule is CC[Si](CC)(CC)O[C@H]1C[C@@]23OC(c4ccccc4)O[C@H]2[C@@H]2[C@@](COC(C)=O)(OC(=O)OC)CCC[C@@]2(C)[C@H]2OC(C)(C)O[C@@H]2C(=C1C)C3(C)C. The third-order valence-corrected chi connectivity index (χ3v) is 18.1. The Labute approximate surface area is 305 Å². The Morgan fingerprint density at radius 3 is 2.20 bits per heavy atom. The maximum atomic E-state index is 13.3. The molecule has 1 aromatic carbocycles. The average molecular weight is 729 g/mol. The van der Waals surface area contributed by atoms with Gasteiger partial charge in [-0.15, -0.1) is 0 Å². The number of esters is 1. The van der Waals surface area contributed by atoms with E-state index in [1.165, 1.54) is 19.6 Å². The number of carbonyl (C=O) groups is 2. The standard InChI is InChI=1S/C40H60O10Si/c1-12-51(13-2,14-3)50-28-23-40-33(45-34(48-40)27-19-16-15-17-20-27)31-38(10,21-18-22-39(31,24-44-26(5)41)49-35(42)43-11)32-30(46-37(8,9)47-32)29(25(28)4)36(40,6)7/h15-17,19-20,28,30-34H,12-14,18,21-24H2,1-11H3/t28-,30+,31-,32-,33-,34?,38+,39+,40+/m0/s1. The fourth-order valence-electron chi connectivity index (χ4n) is 10.7. The first-order chi connectivity index (χ1) is 24.0. The molecule has 0 aromatic heterocycles. The van der Waals surface area contributed by atoms with Crippen LogP contribution in [0.2, 0.25) is 18.1 Å². The van der Waals surface area contributed by atoms with Crippen LogP contribution in [-0.4, -0.2) is 75.6 Å². The summed E-state index contributed by atoms with van der Waals surface area (Å²) in [6.07, 6.45) is -0.975. The Morgan fingerprint density at radius 1 is 0.922 bits per heavy atom. The first-order valence-electron chi connectivity index (χ1n) is 19.0. The van der Waals surface area contributed by atoms with E-state index >= 15 is 0 Å². The molecular weight excluding hydrogens is 669 g/mol. The number of carbonyl (C=O) groups excluding carboxylic acids is 2. The van der Waals surface area contributed by atoms with E-state index in [9.17, 15) is 9.59 Å². The van der Waals surface area contributed by atoms with Gasteiger partial charge >= 0.3 is 12.1 Å². The van der Waals surface area contributed by atoms with Gasteiger partial charge in [0.1, 0.15) is 18.3 Å². The lowest BCUT2D eigenvalue weighted by Gasteiger charge is -2.64. The molecule has 0 radical (unpaired) electrons. The molecule has 1 unspecified atom stereocenters. The zero-order valence-electron chi connectivity index (χ0n) is 32.6. The molecule has 5 aliphatic rings. The fraction of sp³-hybridized carbons (Fsp3) is 0.750. The summed E-state index contributed by atoms with van der Waals surface area (Å²) in [5.41, 5.74) is -0.460. The van der Waals surface area contributed by atoms with E-state index in [2.05, 4.69) is 48.5 Å². The van der Waals surface area contributed by atoms with Crippen molar-refractivity contribution in [3.05, 3.63) is 47.0 Å². The molecule has 1 aromatic rings. The number of methoxy groups -OCH3 is 1. The zero-order chi connectivity index (χ0) is 37.2. The van der Waals surface area contributed by atoms with Gasteiger partial charge in [-0.05, 0) is 69.3 Å². The maximum absolute atomic E-state index is 13.3. The molecule has 0 N–H and O–H groups in total. The first-order valence-corrected chi connectivity index (χ1v) is 21.5. The van der Waals surface area contributed by atoms with Crippen molar-refractivity contribution in [2.75, 3.05) is 13.7 Å². The molecule has 0 amide bonds. The highest BCUT2D eigenvalue weighted by Crippen LogP contribution is 2.69. The number of hydrogen-bond donors (Lipinski definition) is 0. The van der Waals surface area contributed by atoms with Gasteiger partial charge in [0, 0.05) is 35.7 Å². The van der Waals surface area contributed by atoms with Gasteiger partial charge in [0.05, 0.1) is 25.4 Å². The molecule has 10 nitrogen and oxygen atoms in total. The smallest absolute Gasteiger partial charge is 0.462 e. The quantitative estimate of drug-likeness (QED) is 0.140. The highest BCUT2D eigenvalue weighted by Gasteiger charge is 2.76. The molecular formula is C40H60O10Si. The normalized spacial score (nSPS) is 38.1. The Bertz CT molecular complexity index is 1500. The van der Waals surface area contributed by atoms with Crippen molar-refractivity contribution in [1.29, 1.82) is 0 Å². The van der Waals surface area contributed by atoms with E-state index in [-0.39, 0.29) is 12.7 Å². The Morgan fingerprint density at radius 2 is 1.59 bits per heavy atom. The third kappa shape index (κ3) is 6.11. The van der Waals surface area contributed by atoms with Crippen LogP contribution in [0.4, 0.5) is 4.79 Å². The molecule has 2 saturated heterocycles. The van der Waals surface area contributed by atoms with Crippen molar-refractivity contribution >= 4 is 20.4 Å². The molecule has 11 heteroatoms. The van der Waals surface area contributed by atoms with E-state index in [4.69, 9.17) is 37.6 Å². The summed E-state index contributed by atoms with van der Waals surface area (Å²) >= 11 is 0. The minimum absolute atomic E-state index is 0.162. The summed E-state index contributed by atoms with van der Waals surface area (Å²) in [5.74, 6) is -1.94. The molecule has 2 bridgehead atoms. The van der Waals surface area contributed by atoms with Crippen LogP contribution in [0.15, 0.2) is 41.5 Å². The average Bonchev–Trinajstić information content (AvgIpc) is 3.63. The van der Waals surface area contributed by atoms with E-state index in [0.717, 1.165) is 35.7 Å². The molecule has 4 fully saturated rings. The van der Waals surface area contributed by atoms with E-state index in [1.54, 1.807) is 0 Å². The van der Waals surface area contributed by atoms with Crippen LogP contribution in [0.1, 0.15) is 107 Å². The molecule has 6 rings (SSSR count). The van der Waals surface area contributed by atoms with Gasteiger partial charge in [-0.2, -0.15) is 0 Å². The minimum Gasteiger partial charge on any atom is -0.462 e. The Hall–Kier alpha value is -2.28. The molecule has 9 atom stereocenters. The van der Waals surface area contributed by atoms with E-state index in [0.29, 0.717) is 19.3 Å². The molecule has 3 aliphatic carbocycles. The Kier molecular flexibility index (Phi) is 10.2. The van der Waals surface area contributed by atoms with Crippen molar-refractivity contribution in [3.63, 3.8) is 0 Å². The second kappa shape index (κ2) is 13.5. The highest BCUT2D eigenvalue weighted by atomic mass is 28.4. The van der Waals surface area contributed by atoms with Gasteiger partial charge in [0.25, 0.3) is 0 Å². The van der Waals surface area contributed by atoms with Crippen molar-refractivity contribution in [2.24, 2.45) is 16.7 Å². The van der Waals surface area contributed by atoms with Crippen LogP contribution in [0.25, 0.3) is 0 Å². The predicted molar refractivity (Wildman–Crippen MR) is 193 cm³/mol. The van der Waals surface area contributed by atoms with Crippen LogP contribution in [-0.2, 0) is 42.4 Å². The summed E-state index contributed by atoms with van der Waals surface area (Å²) in [7, 11) is -0.836. The van der Waals surface area contributed by atoms with Crippen molar-refractivity contribution in [2.45, 2.75) is 161 Å². The van der Waals surface area contributed by atoms with Crippen molar-refractivity contribution in [3.8, 4) is 0 Å².